The highest BCUT2D eigenvalue weighted by Gasteiger charge is 2.16. The molecule has 0 atom stereocenters. The summed E-state index contributed by atoms with van der Waals surface area (Å²) >= 11 is 0. The monoisotopic (exact) mass is 403 g/mol. The van der Waals surface area contributed by atoms with Gasteiger partial charge in [0, 0.05) is 28.9 Å². The van der Waals surface area contributed by atoms with Crippen LogP contribution in [-0.4, -0.2) is 4.57 Å². The molecule has 0 radical (unpaired) electrons. The first-order valence-electron chi connectivity index (χ1n) is 11.1. The summed E-state index contributed by atoms with van der Waals surface area (Å²) in [6.45, 7) is 8.75. The van der Waals surface area contributed by atoms with E-state index in [0.29, 0.717) is 0 Å². The van der Waals surface area contributed by atoms with Gasteiger partial charge in [-0.15, -0.1) is 0 Å². The second-order valence-corrected chi connectivity index (χ2v) is 8.96. The van der Waals surface area contributed by atoms with Gasteiger partial charge in [0.25, 0.3) is 0 Å². The van der Waals surface area contributed by atoms with Crippen LogP contribution in [0.2, 0.25) is 0 Å². The number of rotatable bonds is 0. The van der Waals surface area contributed by atoms with E-state index in [-0.39, 0.29) is 0 Å². The SMILES string of the molecule is Cc1cc2c3cc(C)c(C)cc3n(C)c2cc1C.c1ccc2c(c1)Cc1ccccc1-2. The molecular weight excluding hydrogens is 374 g/mol. The molecule has 31 heavy (non-hydrogen) atoms. The van der Waals surface area contributed by atoms with Crippen LogP contribution in [0.15, 0.2) is 72.8 Å². The molecule has 1 nitrogen and oxygen atoms in total. The fraction of sp³-hybridized carbons (Fsp3) is 0.200. The smallest absolute Gasteiger partial charge is 0.0491 e. The maximum Gasteiger partial charge on any atom is 0.0491 e. The minimum atomic E-state index is 1.10. The van der Waals surface area contributed by atoms with Crippen LogP contribution in [0.5, 0.6) is 0 Å². The lowest BCUT2D eigenvalue weighted by molar-refractivity contribution is 1.01. The van der Waals surface area contributed by atoms with Crippen molar-refractivity contribution < 1.29 is 0 Å². The molecule has 0 bridgehead atoms. The third kappa shape index (κ3) is 3.25. The van der Waals surface area contributed by atoms with Crippen molar-refractivity contribution in [2.75, 3.05) is 0 Å². The second kappa shape index (κ2) is 7.42. The number of fused-ring (bicyclic) bond motifs is 6. The summed E-state index contributed by atoms with van der Waals surface area (Å²) in [5, 5.41) is 2.75. The van der Waals surface area contributed by atoms with Crippen molar-refractivity contribution in [2.24, 2.45) is 7.05 Å². The first-order chi connectivity index (χ1) is 14.9. The van der Waals surface area contributed by atoms with Crippen molar-refractivity contribution in [1.29, 1.82) is 0 Å². The molecule has 0 aliphatic heterocycles. The van der Waals surface area contributed by atoms with Gasteiger partial charge in [-0.3, -0.25) is 0 Å². The van der Waals surface area contributed by atoms with Gasteiger partial charge in [0.05, 0.1) is 0 Å². The largest absolute Gasteiger partial charge is 0.344 e. The maximum atomic E-state index is 2.32. The van der Waals surface area contributed by atoms with Gasteiger partial charge in [0.2, 0.25) is 0 Å². The van der Waals surface area contributed by atoms with Gasteiger partial charge >= 0.3 is 0 Å². The standard InChI is InChI=1S/C17H19N.C13H10/c1-10-6-14-15-7-11(2)13(4)9-17(15)18(5)16(14)8-12(10)3;1-3-7-12-10(5-1)9-11-6-2-4-8-13(11)12/h6-9H,1-5H3;1-8H,9H2. The fourth-order valence-corrected chi connectivity index (χ4v) is 4.80. The van der Waals surface area contributed by atoms with Gasteiger partial charge in [-0.1, -0.05) is 48.5 Å². The number of hydrogen-bond acceptors (Lipinski definition) is 0. The van der Waals surface area contributed by atoms with Crippen molar-refractivity contribution in [2.45, 2.75) is 34.1 Å². The lowest BCUT2D eigenvalue weighted by atomic mass is 10.0. The topological polar surface area (TPSA) is 4.93 Å². The Bertz CT molecular complexity index is 1340. The quantitative estimate of drug-likeness (QED) is 0.244. The van der Waals surface area contributed by atoms with Gasteiger partial charge in [-0.25, -0.2) is 0 Å². The molecule has 0 unspecified atom stereocenters. The summed E-state index contributed by atoms with van der Waals surface area (Å²) in [4.78, 5) is 0. The lowest BCUT2D eigenvalue weighted by Crippen LogP contribution is -1.89. The summed E-state index contributed by atoms with van der Waals surface area (Å²) < 4.78 is 2.31. The Morgan fingerprint density at radius 3 is 1.39 bits per heavy atom. The Kier molecular flexibility index (Phi) is 4.70. The molecule has 5 aromatic rings. The van der Waals surface area contributed by atoms with E-state index in [9.17, 15) is 0 Å². The van der Waals surface area contributed by atoms with Crippen LogP contribution in [0.25, 0.3) is 32.9 Å². The van der Waals surface area contributed by atoms with Crippen molar-refractivity contribution in [1.82, 2.24) is 4.57 Å². The van der Waals surface area contributed by atoms with Gasteiger partial charge < -0.3 is 4.57 Å². The number of benzene rings is 4. The number of hydrogen-bond donors (Lipinski definition) is 0. The average Bonchev–Trinajstić information content (AvgIpc) is 3.26. The first-order valence-corrected chi connectivity index (χ1v) is 11.1. The number of aryl methyl sites for hydroxylation is 5. The Morgan fingerprint density at radius 1 is 0.548 bits per heavy atom. The number of aromatic nitrogens is 1. The van der Waals surface area contributed by atoms with Crippen molar-refractivity contribution in [3.8, 4) is 11.1 Å². The molecule has 0 spiro atoms. The van der Waals surface area contributed by atoms with E-state index < -0.39 is 0 Å². The highest BCUT2D eigenvalue weighted by atomic mass is 14.9. The highest BCUT2D eigenvalue weighted by Crippen LogP contribution is 2.35. The summed E-state index contributed by atoms with van der Waals surface area (Å²) in [6.07, 6.45) is 1.10. The molecule has 1 aliphatic rings. The molecule has 0 N–H and O–H groups in total. The van der Waals surface area contributed by atoms with Crippen molar-refractivity contribution in [3.05, 3.63) is 106 Å². The molecule has 1 heterocycles. The zero-order valence-corrected chi connectivity index (χ0v) is 19.1. The Morgan fingerprint density at radius 2 is 0.935 bits per heavy atom. The van der Waals surface area contributed by atoms with E-state index >= 15 is 0 Å². The molecular formula is C30H29N. The summed E-state index contributed by atoms with van der Waals surface area (Å²) in [6, 6.07) is 26.6. The zero-order chi connectivity index (χ0) is 21.7. The van der Waals surface area contributed by atoms with E-state index in [2.05, 4.69) is 112 Å². The third-order valence-corrected chi connectivity index (χ3v) is 6.94. The summed E-state index contributed by atoms with van der Waals surface area (Å²) in [5.41, 5.74) is 13.9. The maximum absolute atomic E-state index is 2.32. The predicted molar refractivity (Wildman–Crippen MR) is 134 cm³/mol. The molecule has 1 heteroatoms. The van der Waals surface area contributed by atoms with Crippen LogP contribution >= 0.6 is 0 Å². The Balaban J connectivity index is 0.000000138. The molecule has 0 saturated heterocycles. The van der Waals surface area contributed by atoms with Crippen molar-refractivity contribution in [3.63, 3.8) is 0 Å². The van der Waals surface area contributed by atoms with Gasteiger partial charge in [-0.2, -0.15) is 0 Å². The molecule has 154 valence electrons. The van der Waals surface area contributed by atoms with Crippen LogP contribution in [0.4, 0.5) is 0 Å². The first kappa shape index (κ1) is 19.6. The molecule has 0 saturated carbocycles. The van der Waals surface area contributed by atoms with Gasteiger partial charge in [0.1, 0.15) is 0 Å². The predicted octanol–water partition coefficient (Wildman–Crippen LogP) is 7.82. The minimum Gasteiger partial charge on any atom is -0.344 e. The highest BCUT2D eigenvalue weighted by molar-refractivity contribution is 6.08. The van der Waals surface area contributed by atoms with E-state index in [1.807, 2.05) is 0 Å². The van der Waals surface area contributed by atoms with E-state index in [0.717, 1.165) is 6.42 Å². The molecule has 4 aromatic carbocycles. The fourth-order valence-electron chi connectivity index (χ4n) is 4.80. The van der Waals surface area contributed by atoms with Crippen LogP contribution in [0.3, 0.4) is 0 Å². The minimum absolute atomic E-state index is 1.10. The van der Waals surface area contributed by atoms with Crippen LogP contribution in [0.1, 0.15) is 33.4 Å². The Labute approximate surface area is 185 Å². The third-order valence-electron chi connectivity index (χ3n) is 6.94. The zero-order valence-electron chi connectivity index (χ0n) is 19.1. The van der Waals surface area contributed by atoms with E-state index in [1.165, 1.54) is 66.3 Å². The van der Waals surface area contributed by atoms with Crippen molar-refractivity contribution >= 4 is 21.8 Å². The van der Waals surface area contributed by atoms with Crippen LogP contribution in [0, 0.1) is 27.7 Å². The average molecular weight is 404 g/mol. The Hall–Kier alpha value is -3.32. The molecule has 1 aromatic heterocycles. The lowest BCUT2D eigenvalue weighted by Gasteiger charge is -2.02. The molecule has 0 amide bonds. The van der Waals surface area contributed by atoms with Gasteiger partial charge in [-0.05, 0) is 103 Å². The van der Waals surface area contributed by atoms with E-state index in [4.69, 9.17) is 0 Å². The molecule has 0 fully saturated rings. The number of nitrogens with zero attached hydrogens (tertiary/aromatic N) is 1. The molecule has 1 aliphatic carbocycles. The summed E-state index contributed by atoms with van der Waals surface area (Å²) in [5.74, 6) is 0. The van der Waals surface area contributed by atoms with Crippen LogP contribution in [-0.2, 0) is 13.5 Å². The van der Waals surface area contributed by atoms with Crippen LogP contribution < -0.4 is 0 Å². The molecule has 6 rings (SSSR count). The normalized spacial score (nSPS) is 11.9. The second-order valence-electron chi connectivity index (χ2n) is 8.96. The van der Waals surface area contributed by atoms with Gasteiger partial charge in [0.15, 0.2) is 0 Å². The summed E-state index contributed by atoms with van der Waals surface area (Å²) in [7, 11) is 2.16. The van der Waals surface area contributed by atoms with E-state index in [1.54, 1.807) is 0 Å².